The zero-order valence-corrected chi connectivity index (χ0v) is 9.03. The molecule has 0 bridgehead atoms. The molecule has 15 heavy (non-hydrogen) atoms. The van der Waals surface area contributed by atoms with Crippen LogP contribution in [-0.2, 0) is 6.54 Å². The molecule has 1 heterocycles. The number of imidazole rings is 1. The first-order valence-corrected chi connectivity index (χ1v) is 5.24. The Morgan fingerprint density at radius 2 is 2.20 bits per heavy atom. The molecule has 3 heteroatoms. The lowest BCUT2D eigenvalue weighted by Crippen LogP contribution is -1.96. The zero-order valence-electron chi connectivity index (χ0n) is 9.03. The van der Waals surface area contributed by atoms with E-state index in [9.17, 15) is 4.79 Å². The van der Waals surface area contributed by atoms with Gasteiger partial charge in [-0.25, -0.2) is 4.98 Å². The van der Waals surface area contributed by atoms with Gasteiger partial charge in [-0.3, -0.25) is 4.79 Å². The molecule has 3 nitrogen and oxygen atoms in total. The number of ketones is 1. The molecular formula is C12H14N2O. The number of hydrogen-bond acceptors (Lipinski definition) is 2. The highest BCUT2D eigenvalue weighted by atomic mass is 16.1. The summed E-state index contributed by atoms with van der Waals surface area (Å²) in [5.74, 6) is 0.169. The Hall–Kier alpha value is -1.64. The van der Waals surface area contributed by atoms with Crippen molar-refractivity contribution >= 4 is 16.8 Å². The standard InChI is InChI=1S/C12H14N2O/c1-3-12(15)9-5-6-11-10(7-9)13-8-14(11)4-2/h5-8H,3-4H2,1-2H3. The average Bonchev–Trinajstić information content (AvgIpc) is 2.69. The van der Waals surface area contributed by atoms with E-state index >= 15 is 0 Å². The molecule has 0 radical (unpaired) electrons. The molecule has 0 aliphatic rings. The molecule has 0 aliphatic heterocycles. The van der Waals surface area contributed by atoms with E-state index in [0.717, 1.165) is 23.1 Å². The third-order valence-electron chi connectivity index (χ3n) is 2.60. The van der Waals surface area contributed by atoms with Crippen molar-refractivity contribution < 1.29 is 4.79 Å². The number of aromatic nitrogens is 2. The number of benzene rings is 1. The van der Waals surface area contributed by atoms with E-state index in [-0.39, 0.29) is 5.78 Å². The number of fused-ring (bicyclic) bond motifs is 1. The van der Waals surface area contributed by atoms with Gasteiger partial charge in [-0.05, 0) is 25.1 Å². The highest BCUT2D eigenvalue weighted by Gasteiger charge is 2.06. The summed E-state index contributed by atoms with van der Waals surface area (Å²) in [4.78, 5) is 15.8. The van der Waals surface area contributed by atoms with E-state index < -0.39 is 0 Å². The first-order valence-electron chi connectivity index (χ1n) is 5.24. The molecule has 0 atom stereocenters. The van der Waals surface area contributed by atoms with E-state index in [0.29, 0.717) is 6.42 Å². The van der Waals surface area contributed by atoms with E-state index in [2.05, 4.69) is 16.5 Å². The quantitative estimate of drug-likeness (QED) is 0.717. The van der Waals surface area contributed by atoms with Crippen molar-refractivity contribution in [2.45, 2.75) is 26.8 Å². The monoisotopic (exact) mass is 202 g/mol. The van der Waals surface area contributed by atoms with Gasteiger partial charge >= 0.3 is 0 Å². The number of aryl methyl sites for hydroxylation is 1. The maximum atomic E-state index is 11.5. The highest BCUT2D eigenvalue weighted by molar-refractivity contribution is 5.98. The summed E-state index contributed by atoms with van der Waals surface area (Å²) in [6.07, 6.45) is 2.35. The molecule has 1 aromatic carbocycles. The third kappa shape index (κ3) is 1.65. The fourth-order valence-electron chi connectivity index (χ4n) is 1.69. The molecule has 2 rings (SSSR count). The van der Waals surface area contributed by atoms with E-state index in [1.807, 2.05) is 31.5 Å². The van der Waals surface area contributed by atoms with Gasteiger partial charge in [0.05, 0.1) is 17.4 Å². The number of rotatable bonds is 3. The number of carbonyl (C=O) groups is 1. The maximum Gasteiger partial charge on any atom is 0.162 e. The van der Waals surface area contributed by atoms with Crippen molar-refractivity contribution in [3.05, 3.63) is 30.1 Å². The van der Waals surface area contributed by atoms with Gasteiger partial charge in [-0.1, -0.05) is 6.92 Å². The van der Waals surface area contributed by atoms with Crippen LogP contribution in [0.4, 0.5) is 0 Å². The van der Waals surface area contributed by atoms with Crippen LogP contribution in [-0.4, -0.2) is 15.3 Å². The van der Waals surface area contributed by atoms with Crippen LogP contribution in [0.2, 0.25) is 0 Å². The Labute approximate surface area is 88.7 Å². The third-order valence-corrected chi connectivity index (χ3v) is 2.60. The summed E-state index contributed by atoms with van der Waals surface area (Å²) in [5.41, 5.74) is 2.74. The second kappa shape index (κ2) is 3.85. The van der Waals surface area contributed by atoms with Crippen molar-refractivity contribution in [1.82, 2.24) is 9.55 Å². The lowest BCUT2D eigenvalue weighted by Gasteiger charge is -2.00. The smallest absolute Gasteiger partial charge is 0.162 e. The minimum atomic E-state index is 0.169. The largest absolute Gasteiger partial charge is 0.331 e. The van der Waals surface area contributed by atoms with Crippen LogP contribution in [0.25, 0.3) is 11.0 Å². The molecule has 0 unspecified atom stereocenters. The molecule has 0 fully saturated rings. The lowest BCUT2D eigenvalue weighted by molar-refractivity contribution is 0.0988. The first kappa shape index (κ1) is 9.90. The minimum Gasteiger partial charge on any atom is -0.331 e. The molecule has 0 aliphatic carbocycles. The van der Waals surface area contributed by atoms with E-state index in [1.165, 1.54) is 0 Å². The molecule has 0 N–H and O–H groups in total. The lowest BCUT2D eigenvalue weighted by atomic mass is 10.1. The van der Waals surface area contributed by atoms with Crippen LogP contribution in [0.15, 0.2) is 24.5 Å². The van der Waals surface area contributed by atoms with Crippen LogP contribution >= 0.6 is 0 Å². The molecule has 2 aromatic rings. The fraction of sp³-hybridized carbons (Fsp3) is 0.333. The van der Waals surface area contributed by atoms with E-state index in [4.69, 9.17) is 0 Å². The highest BCUT2D eigenvalue weighted by Crippen LogP contribution is 2.15. The summed E-state index contributed by atoms with van der Waals surface area (Å²) in [5, 5.41) is 0. The fourth-order valence-corrected chi connectivity index (χ4v) is 1.69. The topological polar surface area (TPSA) is 34.9 Å². The van der Waals surface area contributed by atoms with Gasteiger partial charge in [0.25, 0.3) is 0 Å². The Morgan fingerprint density at radius 1 is 1.40 bits per heavy atom. The first-order chi connectivity index (χ1) is 7.26. The minimum absolute atomic E-state index is 0.169. The van der Waals surface area contributed by atoms with E-state index in [1.54, 1.807) is 0 Å². The van der Waals surface area contributed by atoms with Gasteiger partial charge in [0, 0.05) is 18.5 Å². The number of Topliss-reactive ketones (excluding diaryl/α,β-unsaturated/α-hetero) is 1. The Kier molecular flexibility index (Phi) is 2.54. The summed E-state index contributed by atoms with van der Waals surface area (Å²) >= 11 is 0. The molecule has 78 valence electrons. The zero-order chi connectivity index (χ0) is 10.8. The van der Waals surface area contributed by atoms with Crippen LogP contribution < -0.4 is 0 Å². The number of hydrogen-bond donors (Lipinski definition) is 0. The maximum absolute atomic E-state index is 11.5. The predicted octanol–water partition coefficient (Wildman–Crippen LogP) is 2.65. The molecule has 0 amide bonds. The second-order valence-electron chi connectivity index (χ2n) is 3.51. The van der Waals surface area contributed by atoms with Crippen molar-refractivity contribution in [3.8, 4) is 0 Å². The summed E-state index contributed by atoms with van der Waals surface area (Å²) in [6, 6.07) is 5.71. The summed E-state index contributed by atoms with van der Waals surface area (Å²) < 4.78 is 2.07. The number of carbonyl (C=O) groups excluding carboxylic acids is 1. The van der Waals surface area contributed by atoms with Gasteiger partial charge in [0.1, 0.15) is 0 Å². The predicted molar refractivity (Wildman–Crippen MR) is 60.0 cm³/mol. The van der Waals surface area contributed by atoms with Gasteiger partial charge in [0.15, 0.2) is 5.78 Å². The van der Waals surface area contributed by atoms with Crippen molar-refractivity contribution in [3.63, 3.8) is 0 Å². The summed E-state index contributed by atoms with van der Waals surface area (Å²) in [7, 11) is 0. The molecule has 0 saturated carbocycles. The SMILES string of the molecule is CCC(=O)c1ccc2c(c1)ncn2CC. The Balaban J connectivity index is 2.53. The summed E-state index contributed by atoms with van der Waals surface area (Å²) in [6.45, 7) is 4.85. The van der Waals surface area contributed by atoms with Crippen molar-refractivity contribution in [2.75, 3.05) is 0 Å². The van der Waals surface area contributed by atoms with Crippen LogP contribution in [0.5, 0.6) is 0 Å². The molecular weight excluding hydrogens is 188 g/mol. The van der Waals surface area contributed by atoms with Crippen molar-refractivity contribution in [2.24, 2.45) is 0 Å². The average molecular weight is 202 g/mol. The second-order valence-corrected chi connectivity index (χ2v) is 3.51. The van der Waals surface area contributed by atoms with Gasteiger partial charge < -0.3 is 4.57 Å². The molecule has 1 aromatic heterocycles. The molecule has 0 spiro atoms. The normalized spacial score (nSPS) is 10.8. The Morgan fingerprint density at radius 3 is 2.87 bits per heavy atom. The Bertz CT molecular complexity index is 499. The number of nitrogens with zero attached hydrogens (tertiary/aromatic N) is 2. The van der Waals surface area contributed by atoms with Gasteiger partial charge in [0.2, 0.25) is 0 Å². The molecule has 0 saturated heterocycles. The van der Waals surface area contributed by atoms with Crippen LogP contribution in [0.1, 0.15) is 30.6 Å². The van der Waals surface area contributed by atoms with Gasteiger partial charge in [-0.15, -0.1) is 0 Å². The van der Waals surface area contributed by atoms with Gasteiger partial charge in [-0.2, -0.15) is 0 Å². The van der Waals surface area contributed by atoms with Crippen LogP contribution in [0, 0.1) is 0 Å². The van der Waals surface area contributed by atoms with Crippen molar-refractivity contribution in [1.29, 1.82) is 0 Å². The van der Waals surface area contributed by atoms with Crippen LogP contribution in [0.3, 0.4) is 0 Å².